The molecule has 1 aliphatic rings. The van der Waals surface area contributed by atoms with Gasteiger partial charge in [0, 0.05) is 10.5 Å². The maximum Gasteiger partial charge on any atom is 0.330 e. The van der Waals surface area contributed by atoms with E-state index in [2.05, 4.69) is 15.9 Å². The van der Waals surface area contributed by atoms with Crippen molar-refractivity contribution in [2.24, 2.45) is 0 Å². The molecule has 0 fully saturated rings. The van der Waals surface area contributed by atoms with Crippen LogP contribution in [0.2, 0.25) is 0 Å². The highest BCUT2D eigenvalue weighted by Crippen LogP contribution is 2.32. The zero-order valence-electron chi connectivity index (χ0n) is 14.8. The summed E-state index contributed by atoms with van der Waals surface area (Å²) in [6.07, 6.45) is 3.65. The van der Waals surface area contributed by atoms with Gasteiger partial charge in [0.2, 0.25) is 0 Å². The number of rotatable bonds is 6. The van der Waals surface area contributed by atoms with Crippen molar-refractivity contribution >= 4 is 45.4 Å². The molecule has 0 N–H and O–H groups in total. The van der Waals surface area contributed by atoms with Gasteiger partial charge in [-0.05, 0) is 41.8 Å². The Hall–Kier alpha value is -2.73. The monoisotopic (exact) mass is 427 g/mol. The Balaban J connectivity index is 1.83. The summed E-state index contributed by atoms with van der Waals surface area (Å²) < 4.78 is 5.86. The minimum absolute atomic E-state index is 0.303. The second-order valence-corrected chi connectivity index (χ2v) is 6.94. The molecule has 0 unspecified atom stereocenters. The number of ether oxygens (including phenoxy) is 1. The largest absolute Gasteiger partial charge is 0.463 e. The number of anilines is 1. The molecule has 0 spiro atoms. The van der Waals surface area contributed by atoms with E-state index in [4.69, 9.17) is 4.74 Å². The van der Waals surface area contributed by atoms with Crippen molar-refractivity contribution in [1.82, 2.24) is 0 Å². The molecule has 27 heavy (non-hydrogen) atoms. The zero-order chi connectivity index (χ0) is 19.4. The predicted octanol–water partition coefficient (Wildman–Crippen LogP) is 4.15. The molecule has 1 aliphatic heterocycles. The number of Topliss-reactive ketones (excluding diaryl/α,β-unsaturated/α-hetero) is 1. The van der Waals surface area contributed by atoms with E-state index in [0.29, 0.717) is 30.0 Å². The van der Waals surface area contributed by atoms with E-state index in [-0.39, 0.29) is 0 Å². The molecule has 1 heterocycles. The van der Waals surface area contributed by atoms with Gasteiger partial charge >= 0.3 is 5.97 Å². The molecule has 1 amide bonds. The fourth-order valence-corrected chi connectivity index (χ4v) is 3.20. The molecule has 2 aromatic rings. The van der Waals surface area contributed by atoms with Crippen molar-refractivity contribution in [3.63, 3.8) is 0 Å². The zero-order valence-corrected chi connectivity index (χ0v) is 16.4. The number of halogens is 1. The van der Waals surface area contributed by atoms with E-state index in [1.165, 1.54) is 11.0 Å². The van der Waals surface area contributed by atoms with E-state index in [9.17, 15) is 14.4 Å². The van der Waals surface area contributed by atoms with Crippen LogP contribution in [0.1, 0.15) is 34.8 Å². The van der Waals surface area contributed by atoms with Crippen LogP contribution in [-0.2, 0) is 20.9 Å². The van der Waals surface area contributed by atoms with Crippen molar-refractivity contribution in [2.75, 3.05) is 11.5 Å². The molecule has 0 aromatic heterocycles. The first kappa shape index (κ1) is 19.0. The summed E-state index contributed by atoms with van der Waals surface area (Å²) in [7, 11) is 0. The number of amides is 1. The second kappa shape index (κ2) is 8.31. The summed E-state index contributed by atoms with van der Waals surface area (Å²) in [6, 6.07) is 12.7. The normalized spacial score (nSPS) is 13.3. The highest BCUT2D eigenvalue weighted by Gasteiger charge is 2.35. The van der Waals surface area contributed by atoms with Crippen molar-refractivity contribution in [1.29, 1.82) is 0 Å². The Morgan fingerprint density at radius 2 is 1.96 bits per heavy atom. The van der Waals surface area contributed by atoms with Crippen LogP contribution in [0, 0.1) is 0 Å². The molecule has 2 aromatic carbocycles. The fourth-order valence-electron chi connectivity index (χ4n) is 2.79. The molecule has 0 saturated heterocycles. The molecule has 5 nitrogen and oxygen atoms in total. The average molecular weight is 428 g/mol. The first-order valence-electron chi connectivity index (χ1n) is 8.59. The number of carbonyl (C=O) groups is 3. The number of hydrogen-bond acceptors (Lipinski definition) is 4. The Bertz CT molecular complexity index is 936. The Morgan fingerprint density at radius 1 is 1.19 bits per heavy atom. The van der Waals surface area contributed by atoms with Gasteiger partial charge in [0.25, 0.3) is 11.7 Å². The predicted molar refractivity (Wildman–Crippen MR) is 106 cm³/mol. The van der Waals surface area contributed by atoms with E-state index in [0.717, 1.165) is 16.5 Å². The van der Waals surface area contributed by atoms with Crippen LogP contribution in [0.15, 0.2) is 53.0 Å². The molecule has 0 saturated carbocycles. The van der Waals surface area contributed by atoms with Crippen molar-refractivity contribution in [3.8, 4) is 0 Å². The summed E-state index contributed by atoms with van der Waals surface area (Å²) in [6.45, 7) is 2.59. The molecular formula is C21H18BrNO4. The lowest BCUT2D eigenvalue weighted by molar-refractivity contribution is -0.137. The number of esters is 1. The second-order valence-electron chi connectivity index (χ2n) is 6.09. The lowest BCUT2D eigenvalue weighted by Crippen LogP contribution is -2.29. The van der Waals surface area contributed by atoms with Gasteiger partial charge in [-0.15, -0.1) is 0 Å². The van der Waals surface area contributed by atoms with Gasteiger partial charge in [-0.3, -0.25) is 9.59 Å². The standard InChI is InChI=1S/C21H18BrNO4/c1-2-11-27-19(24)10-8-14-7-9-18-16(12-14)20(25)21(26)23(18)13-15-5-3-4-6-17(15)22/h3-10,12H,2,11,13H2,1H3/b10-8+. The Kier molecular flexibility index (Phi) is 5.86. The topological polar surface area (TPSA) is 63.7 Å². The van der Waals surface area contributed by atoms with Gasteiger partial charge in [-0.1, -0.05) is 47.1 Å². The van der Waals surface area contributed by atoms with E-state index < -0.39 is 17.7 Å². The molecule has 3 rings (SSSR count). The van der Waals surface area contributed by atoms with Gasteiger partial charge in [-0.25, -0.2) is 4.79 Å². The third-order valence-electron chi connectivity index (χ3n) is 4.14. The lowest BCUT2D eigenvalue weighted by Gasteiger charge is -2.17. The fraction of sp³-hybridized carbons (Fsp3) is 0.190. The summed E-state index contributed by atoms with van der Waals surface area (Å²) >= 11 is 3.47. The number of benzene rings is 2. The van der Waals surface area contributed by atoms with Crippen molar-refractivity contribution < 1.29 is 19.1 Å². The van der Waals surface area contributed by atoms with Crippen molar-refractivity contribution in [2.45, 2.75) is 19.9 Å². The number of fused-ring (bicyclic) bond motifs is 1. The SMILES string of the molecule is CCCOC(=O)/C=C/c1ccc2c(c1)C(=O)C(=O)N2Cc1ccccc1Br. The van der Waals surface area contributed by atoms with Crippen LogP contribution >= 0.6 is 15.9 Å². The highest BCUT2D eigenvalue weighted by molar-refractivity contribution is 9.10. The number of carbonyl (C=O) groups excluding carboxylic acids is 3. The van der Waals surface area contributed by atoms with Gasteiger partial charge in [-0.2, -0.15) is 0 Å². The maximum atomic E-state index is 12.4. The Morgan fingerprint density at radius 3 is 2.70 bits per heavy atom. The molecule has 0 aliphatic carbocycles. The van der Waals surface area contributed by atoms with Gasteiger partial charge in [0.1, 0.15) is 0 Å². The summed E-state index contributed by atoms with van der Waals surface area (Å²) in [5.74, 6) is -1.53. The van der Waals surface area contributed by atoms with Gasteiger partial charge < -0.3 is 9.64 Å². The van der Waals surface area contributed by atoms with Crippen LogP contribution in [0.3, 0.4) is 0 Å². The third kappa shape index (κ3) is 4.17. The quantitative estimate of drug-likeness (QED) is 0.394. The van der Waals surface area contributed by atoms with E-state index in [1.54, 1.807) is 24.3 Å². The van der Waals surface area contributed by atoms with Gasteiger partial charge in [0.05, 0.1) is 24.4 Å². The minimum Gasteiger partial charge on any atom is -0.463 e. The Labute approximate surface area is 165 Å². The number of ketones is 1. The molecule has 138 valence electrons. The first-order chi connectivity index (χ1) is 13.0. The maximum absolute atomic E-state index is 12.4. The van der Waals surface area contributed by atoms with Crippen LogP contribution in [0.4, 0.5) is 5.69 Å². The molecule has 0 atom stereocenters. The summed E-state index contributed by atoms with van der Waals surface area (Å²) in [5, 5.41) is 0. The smallest absolute Gasteiger partial charge is 0.330 e. The molecule has 0 radical (unpaired) electrons. The van der Waals surface area contributed by atoms with E-state index in [1.807, 2.05) is 31.2 Å². The average Bonchev–Trinajstić information content (AvgIpc) is 2.91. The van der Waals surface area contributed by atoms with Crippen LogP contribution < -0.4 is 4.90 Å². The van der Waals surface area contributed by atoms with Crippen molar-refractivity contribution in [3.05, 3.63) is 69.7 Å². The van der Waals surface area contributed by atoms with Gasteiger partial charge in [0.15, 0.2) is 0 Å². The van der Waals surface area contributed by atoms with Crippen LogP contribution in [0.5, 0.6) is 0 Å². The molecular weight excluding hydrogens is 410 g/mol. The third-order valence-corrected chi connectivity index (χ3v) is 4.92. The number of hydrogen-bond donors (Lipinski definition) is 0. The van der Waals surface area contributed by atoms with Crippen LogP contribution in [-0.4, -0.2) is 24.3 Å². The molecule has 6 heteroatoms. The highest BCUT2D eigenvalue weighted by atomic mass is 79.9. The lowest BCUT2D eigenvalue weighted by atomic mass is 10.1. The number of nitrogens with zero attached hydrogens (tertiary/aromatic N) is 1. The van der Waals surface area contributed by atoms with E-state index >= 15 is 0 Å². The first-order valence-corrected chi connectivity index (χ1v) is 9.39. The van der Waals surface area contributed by atoms with Crippen LogP contribution in [0.25, 0.3) is 6.08 Å². The summed E-state index contributed by atoms with van der Waals surface area (Å²) in [4.78, 5) is 37.9. The summed E-state index contributed by atoms with van der Waals surface area (Å²) in [5.41, 5.74) is 2.49. The molecule has 0 bridgehead atoms. The minimum atomic E-state index is -0.552.